The number of sulfone groups is 1. The fourth-order valence-electron chi connectivity index (χ4n) is 3.60. The van der Waals surface area contributed by atoms with Gasteiger partial charge >= 0.3 is 12.1 Å². The van der Waals surface area contributed by atoms with Crippen LogP contribution in [0.2, 0.25) is 5.02 Å². The van der Waals surface area contributed by atoms with Gasteiger partial charge in [-0.25, -0.2) is 17.8 Å². The van der Waals surface area contributed by atoms with Crippen LogP contribution in [0.15, 0.2) is 47.5 Å². The van der Waals surface area contributed by atoms with Gasteiger partial charge in [0.2, 0.25) is 5.95 Å². The number of ether oxygens (including phenoxy) is 1. The molecule has 3 rings (SSSR count). The van der Waals surface area contributed by atoms with Crippen molar-refractivity contribution < 1.29 is 35.5 Å². The average Bonchev–Trinajstić information content (AvgIpc) is 2.89. The highest BCUT2D eigenvalue weighted by atomic mass is 35.5. The summed E-state index contributed by atoms with van der Waals surface area (Å²) < 4.78 is 83.8. The number of benzene rings is 2. The van der Waals surface area contributed by atoms with E-state index in [2.05, 4.69) is 20.6 Å². The summed E-state index contributed by atoms with van der Waals surface area (Å²) in [5, 5.41) is 6.62. The Kier molecular flexibility index (Phi) is 9.38. The molecule has 2 aromatic carbocycles. The number of nitrogens with zero attached hydrogens (tertiary/aromatic N) is 2. The first-order valence-corrected chi connectivity index (χ1v) is 14.0. The van der Waals surface area contributed by atoms with Gasteiger partial charge in [-0.15, -0.1) is 0 Å². The number of amides is 1. The number of hydrogen-bond acceptors (Lipinski definition) is 8. The highest BCUT2D eigenvalue weighted by Crippen LogP contribution is 2.35. The molecule has 41 heavy (non-hydrogen) atoms. The predicted octanol–water partition coefficient (Wildman–Crippen LogP) is 5.90. The molecule has 0 bridgehead atoms. The molecule has 0 saturated carbocycles. The van der Waals surface area contributed by atoms with Crippen molar-refractivity contribution in [2.45, 2.75) is 49.4 Å². The van der Waals surface area contributed by atoms with Gasteiger partial charge < -0.3 is 20.7 Å². The second-order valence-corrected chi connectivity index (χ2v) is 12.7. The molecule has 0 fully saturated rings. The van der Waals surface area contributed by atoms with Gasteiger partial charge in [0.25, 0.3) is 0 Å². The zero-order chi connectivity index (χ0) is 30.8. The molecule has 0 spiro atoms. The van der Waals surface area contributed by atoms with E-state index in [4.69, 9.17) is 16.3 Å². The maximum Gasteiger partial charge on any atom is 0.471 e. The number of carbonyl (C=O) groups excluding carboxylic acids is 1. The lowest BCUT2D eigenvalue weighted by Gasteiger charge is -2.27. The van der Waals surface area contributed by atoms with Crippen LogP contribution in [0.3, 0.4) is 0 Å². The van der Waals surface area contributed by atoms with E-state index >= 15 is 0 Å². The predicted molar refractivity (Wildman–Crippen MR) is 147 cm³/mol. The first-order valence-electron chi connectivity index (χ1n) is 12.1. The number of methoxy groups -OCH3 is 1. The average molecular weight is 618 g/mol. The molecule has 0 aliphatic carbocycles. The van der Waals surface area contributed by atoms with Crippen LogP contribution in [0.5, 0.6) is 5.75 Å². The van der Waals surface area contributed by atoms with Gasteiger partial charge in [-0.2, -0.15) is 18.2 Å². The van der Waals surface area contributed by atoms with Gasteiger partial charge in [0.15, 0.2) is 15.7 Å². The van der Waals surface area contributed by atoms with E-state index in [1.165, 1.54) is 39.3 Å². The monoisotopic (exact) mass is 617 g/mol. The molecule has 0 unspecified atom stereocenters. The summed E-state index contributed by atoms with van der Waals surface area (Å²) >= 11 is 6.24. The van der Waals surface area contributed by atoms with Crippen LogP contribution in [0, 0.1) is 5.82 Å². The molecule has 3 N–H and O–H groups in total. The minimum atomic E-state index is -5.01. The fourth-order valence-corrected chi connectivity index (χ4v) is 4.95. The van der Waals surface area contributed by atoms with E-state index in [-0.39, 0.29) is 33.9 Å². The molecule has 0 aliphatic heterocycles. The topological polar surface area (TPSA) is 122 Å². The van der Waals surface area contributed by atoms with E-state index in [0.29, 0.717) is 17.0 Å². The molecule has 1 amide bonds. The first kappa shape index (κ1) is 31.9. The zero-order valence-corrected chi connectivity index (χ0v) is 24.2. The Bertz CT molecular complexity index is 1550. The van der Waals surface area contributed by atoms with Crippen LogP contribution in [0.4, 0.5) is 40.7 Å². The molecule has 0 radical (unpaired) electrons. The molecule has 15 heteroatoms. The summed E-state index contributed by atoms with van der Waals surface area (Å²) in [6.45, 7) is 5.92. The summed E-state index contributed by atoms with van der Waals surface area (Å²) in [6.07, 6.45) is -3.80. The van der Waals surface area contributed by atoms with Crippen molar-refractivity contribution in [3.8, 4) is 5.75 Å². The third-order valence-electron chi connectivity index (χ3n) is 6.07. The Balaban J connectivity index is 1.95. The second kappa shape index (κ2) is 12.1. The summed E-state index contributed by atoms with van der Waals surface area (Å²) in [5.74, 6) is -2.70. The number of hydrogen-bond donors (Lipinski definition) is 3. The highest BCUT2D eigenvalue weighted by molar-refractivity contribution is 7.92. The molecule has 0 saturated heterocycles. The van der Waals surface area contributed by atoms with Crippen LogP contribution in [-0.4, -0.2) is 49.4 Å². The van der Waals surface area contributed by atoms with Gasteiger partial charge in [-0.3, -0.25) is 4.79 Å². The lowest BCUT2D eigenvalue weighted by atomic mass is 9.84. The number of carbonyl (C=O) groups is 1. The van der Waals surface area contributed by atoms with Crippen molar-refractivity contribution in [3.05, 3.63) is 59.0 Å². The molecule has 9 nitrogen and oxygen atoms in total. The van der Waals surface area contributed by atoms with Crippen molar-refractivity contribution >= 4 is 50.5 Å². The zero-order valence-electron chi connectivity index (χ0n) is 22.7. The Labute approximate surface area is 239 Å². The number of nitrogens with one attached hydrogen (secondary N) is 3. The van der Waals surface area contributed by atoms with Crippen molar-refractivity contribution in [1.82, 2.24) is 15.3 Å². The third kappa shape index (κ3) is 7.36. The smallest absolute Gasteiger partial charge is 0.471 e. The SMILES string of the molecule is COc1ccc(C(C)(C)CNC(=O)C(F)(F)F)cc1Nc1ncc(Cl)c(Nc2c(F)cccc2S(=O)(=O)C(C)C)n1. The molecule has 222 valence electrons. The Morgan fingerprint density at radius 3 is 2.41 bits per heavy atom. The van der Waals surface area contributed by atoms with E-state index < -0.39 is 38.4 Å². The van der Waals surface area contributed by atoms with E-state index in [1.807, 2.05) is 5.32 Å². The second-order valence-electron chi connectivity index (χ2n) is 9.83. The number of alkyl halides is 3. The molecule has 1 aromatic heterocycles. The van der Waals surface area contributed by atoms with Gasteiger partial charge in [0.1, 0.15) is 16.6 Å². The van der Waals surface area contributed by atoms with Crippen molar-refractivity contribution in [2.75, 3.05) is 24.3 Å². The Morgan fingerprint density at radius 2 is 1.80 bits per heavy atom. The molecular weight excluding hydrogens is 590 g/mol. The number of para-hydroxylation sites is 1. The molecular formula is C26H28ClF4N5O4S. The molecule has 3 aromatic rings. The van der Waals surface area contributed by atoms with Crippen LogP contribution in [0.1, 0.15) is 33.3 Å². The largest absolute Gasteiger partial charge is 0.495 e. The van der Waals surface area contributed by atoms with Crippen LogP contribution in [-0.2, 0) is 20.0 Å². The number of rotatable bonds is 10. The quantitative estimate of drug-likeness (QED) is 0.240. The van der Waals surface area contributed by atoms with Gasteiger partial charge in [-0.05, 0) is 43.7 Å². The number of anilines is 4. The third-order valence-corrected chi connectivity index (χ3v) is 8.54. The fraction of sp³-hybridized carbons (Fsp3) is 0.346. The maximum atomic E-state index is 14.8. The lowest BCUT2D eigenvalue weighted by molar-refractivity contribution is -0.173. The van der Waals surface area contributed by atoms with Crippen molar-refractivity contribution in [3.63, 3.8) is 0 Å². The summed E-state index contributed by atoms with van der Waals surface area (Å²) in [6, 6.07) is 8.43. The summed E-state index contributed by atoms with van der Waals surface area (Å²) in [7, 11) is -2.48. The minimum absolute atomic E-state index is 0.0334. The van der Waals surface area contributed by atoms with Gasteiger partial charge in [-0.1, -0.05) is 37.6 Å². The van der Waals surface area contributed by atoms with Gasteiger partial charge in [0, 0.05) is 12.0 Å². The van der Waals surface area contributed by atoms with Gasteiger partial charge in [0.05, 0.1) is 34.8 Å². The normalized spacial score (nSPS) is 12.3. The van der Waals surface area contributed by atoms with E-state index in [9.17, 15) is 30.8 Å². The highest BCUT2D eigenvalue weighted by Gasteiger charge is 2.39. The maximum absolute atomic E-state index is 14.8. The van der Waals surface area contributed by atoms with Crippen molar-refractivity contribution in [2.24, 2.45) is 0 Å². The lowest BCUT2D eigenvalue weighted by Crippen LogP contribution is -2.43. The Morgan fingerprint density at radius 1 is 1.12 bits per heavy atom. The van der Waals surface area contributed by atoms with E-state index in [0.717, 1.165) is 6.07 Å². The number of aromatic nitrogens is 2. The molecule has 1 heterocycles. The summed E-state index contributed by atoms with van der Waals surface area (Å²) in [5.41, 5.74) is -0.400. The summed E-state index contributed by atoms with van der Waals surface area (Å²) in [4.78, 5) is 19.4. The first-order chi connectivity index (χ1) is 19.0. The van der Waals surface area contributed by atoms with Crippen LogP contribution < -0.4 is 20.7 Å². The van der Waals surface area contributed by atoms with Crippen LogP contribution >= 0.6 is 11.6 Å². The minimum Gasteiger partial charge on any atom is -0.495 e. The Hall–Kier alpha value is -3.65. The molecule has 0 aliphatic rings. The number of halogens is 5. The molecule has 0 atom stereocenters. The standard InChI is InChI=1S/C26H28ClF4N5O4S/c1-14(2)41(38,39)20-8-6-7-17(28)21(20)35-22-16(27)12-32-24(36-22)34-18-11-15(9-10-19(18)40-5)25(3,4)13-33-23(37)26(29,30)31/h6-12,14H,13H2,1-5H3,(H,33,37)(H2,32,34,35,36). The van der Waals surface area contributed by atoms with E-state index in [1.54, 1.807) is 32.0 Å². The van der Waals surface area contributed by atoms with Crippen molar-refractivity contribution in [1.29, 1.82) is 0 Å². The van der Waals surface area contributed by atoms with Crippen LogP contribution in [0.25, 0.3) is 0 Å².